The van der Waals surface area contributed by atoms with E-state index in [4.69, 9.17) is 18.6 Å². The minimum atomic E-state index is -0.516. The van der Waals surface area contributed by atoms with Crippen LogP contribution in [0.4, 0.5) is 0 Å². The Bertz CT molecular complexity index is 1850. The van der Waals surface area contributed by atoms with Crippen LogP contribution < -0.4 is 10.9 Å². The zero-order valence-electron chi connectivity index (χ0n) is 34.5. The highest BCUT2D eigenvalue weighted by molar-refractivity contribution is 6.62. The quantitative estimate of drug-likeness (QED) is 0.0732. The van der Waals surface area contributed by atoms with Crippen molar-refractivity contribution < 1.29 is 18.6 Å². The van der Waals surface area contributed by atoms with Gasteiger partial charge in [0.1, 0.15) is 0 Å². The minimum absolute atomic E-state index is 0.0915. The highest BCUT2D eigenvalue weighted by Gasteiger charge is 2.53. The van der Waals surface area contributed by atoms with Crippen LogP contribution in [-0.2, 0) is 34.9 Å². The molecule has 1 spiro atoms. The lowest BCUT2D eigenvalue weighted by Crippen LogP contribution is -2.36. The van der Waals surface area contributed by atoms with Crippen molar-refractivity contribution in [1.29, 1.82) is 0 Å². The first-order valence-corrected chi connectivity index (χ1v) is 21.9. The van der Waals surface area contributed by atoms with Crippen molar-refractivity contribution in [3.63, 3.8) is 0 Å². The fourth-order valence-electron chi connectivity index (χ4n) is 10.3. The van der Waals surface area contributed by atoms with E-state index in [0.29, 0.717) is 26.4 Å². The third kappa shape index (κ3) is 6.67. The van der Waals surface area contributed by atoms with Gasteiger partial charge in [-0.25, -0.2) is 0 Å². The van der Waals surface area contributed by atoms with Gasteiger partial charge in [-0.15, -0.1) is 0 Å². The van der Waals surface area contributed by atoms with Crippen molar-refractivity contribution in [3.05, 3.63) is 106 Å². The van der Waals surface area contributed by atoms with Gasteiger partial charge in [0.15, 0.2) is 0 Å². The fourth-order valence-corrected chi connectivity index (χ4v) is 10.3. The van der Waals surface area contributed by atoms with E-state index in [1.54, 1.807) is 0 Å². The molecule has 0 saturated carbocycles. The van der Waals surface area contributed by atoms with E-state index < -0.39 is 5.41 Å². The fraction of sp³-hybridized carbons (Fsp3) is 0.510. The van der Waals surface area contributed by atoms with Crippen molar-refractivity contribution in [1.82, 2.24) is 0 Å². The second-order valence-corrected chi connectivity index (χ2v) is 17.5. The van der Waals surface area contributed by atoms with Crippen molar-refractivity contribution in [3.8, 4) is 22.3 Å². The van der Waals surface area contributed by atoms with E-state index >= 15 is 0 Å². The first kappa shape index (κ1) is 38.7. The van der Waals surface area contributed by atoms with Crippen LogP contribution in [0.1, 0.15) is 152 Å². The molecule has 4 aromatic carbocycles. The predicted octanol–water partition coefficient (Wildman–Crippen LogP) is 10.8. The molecule has 0 radical (unpaired) electrons. The SMILES string of the molecule is CCCCCCC(C)(CC)c1ccc2c(c1)C1(c3cc(B4OCCO4)ccc3-c3ccc(B4OCCO4)cc31)c1cc(C(C)(CC)CCCCCC)ccc1-2. The summed E-state index contributed by atoms with van der Waals surface area (Å²) in [6.45, 7) is 16.9. The Kier molecular flexibility index (Phi) is 11.3. The summed E-state index contributed by atoms with van der Waals surface area (Å²) < 4.78 is 24.7. The second kappa shape index (κ2) is 16.0. The van der Waals surface area contributed by atoms with Crippen LogP contribution in [-0.4, -0.2) is 40.7 Å². The van der Waals surface area contributed by atoms with Crippen LogP contribution in [0.2, 0.25) is 0 Å². The molecule has 2 fully saturated rings. The van der Waals surface area contributed by atoms with Crippen molar-refractivity contribution in [2.45, 2.75) is 135 Å². The molecule has 0 bridgehead atoms. The highest BCUT2D eigenvalue weighted by Crippen LogP contribution is 2.63. The van der Waals surface area contributed by atoms with Crippen LogP contribution in [0, 0.1) is 0 Å². The molecule has 0 aromatic heterocycles. The Morgan fingerprint density at radius 1 is 0.473 bits per heavy atom. The van der Waals surface area contributed by atoms with E-state index in [9.17, 15) is 0 Å². The monoisotopic (exact) mass is 736 g/mol. The summed E-state index contributed by atoms with van der Waals surface area (Å²) in [6, 6.07) is 29.1. The van der Waals surface area contributed by atoms with Crippen molar-refractivity contribution in [2.75, 3.05) is 26.4 Å². The highest BCUT2D eigenvalue weighted by atomic mass is 16.6. The molecule has 2 aliphatic heterocycles. The standard InChI is InChI=1S/C49H62B2O4/c1-7-11-13-15-25-47(5,9-3)35-17-21-39-40-22-18-36(48(6,10-4)26-16-14-12-8-2)32-44(40)49(43(39)31-35)45-33-37(50-52-27-28-53-50)19-23-41(45)42-24-20-38(34-46(42)49)51-54-29-30-55-51/h17-24,31-34H,7-16,25-30H2,1-6H3. The Labute approximate surface area is 332 Å². The number of hydrogen-bond acceptors (Lipinski definition) is 4. The third-order valence-electron chi connectivity index (χ3n) is 14.2. The average Bonchev–Trinajstić information content (AvgIpc) is 4.05. The van der Waals surface area contributed by atoms with Gasteiger partial charge in [-0.3, -0.25) is 0 Å². The molecule has 2 heterocycles. The molecule has 4 aromatic rings. The maximum atomic E-state index is 6.16. The van der Waals surface area contributed by atoms with Gasteiger partial charge >= 0.3 is 14.2 Å². The molecule has 2 unspecified atom stereocenters. The van der Waals surface area contributed by atoms with E-state index in [-0.39, 0.29) is 25.1 Å². The molecule has 8 rings (SSSR count). The van der Waals surface area contributed by atoms with Gasteiger partial charge in [-0.1, -0.05) is 166 Å². The first-order valence-electron chi connectivity index (χ1n) is 21.9. The van der Waals surface area contributed by atoms with Gasteiger partial charge in [0.25, 0.3) is 0 Å². The number of fused-ring (bicyclic) bond motifs is 10. The first-order chi connectivity index (χ1) is 26.8. The van der Waals surface area contributed by atoms with Gasteiger partial charge in [-0.2, -0.15) is 0 Å². The van der Waals surface area contributed by atoms with Crippen LogP contribution >= 0.6 is 0 Å². The maximum absolute atomic E-state index is 6.16. The molecular weight excluding hydrogens is 674 g/mol. The van der Waals surface area contributed by atoms with Crippen LogP contribution in [0.15, 0.2) is 72.8 Å². The largest absolute Gasteiger partial charge is 0.494 e. The Hall–Kier alpha value is -3.15. The average molecular weight is 737 g/mol. The van der Waals surface area contributed by atoms with Gasteiger partial charge in [-0.05, 0) is 103 Å². The molecule has 2 saturated heterocycles. The Balaban J connectivity index is 1.38. The molecular formula is C49H62B2O4. The van der Waals surface area contributed by atoms with E-state index in [0.717, 1.165) is 23.8 Å². The van der Waals surface area contributed by atoms with Gasteiger partial charge in [0, 0.05) is 0 Å². The molecule has 4 nitrogen and oxygen atoms in total. The number of hydrogen-bond donors (Lipinski definition) is 0. The second-order valence-electron chi connectivity index (χ2n) is 17.5. The van der Waals surface area contributed by atoms with Crippen LogP contribution in [0.5, 0.6) is 0 Å². The molecule has 0 N–H and O–H groups in total. The van der Waals surface area contributed by atoms with Gasteiger partial charge in [0.2, 0.25) is 0 Å². The summed E-state index contributed by atoms with van der Waals surface area (Å²) in [5.41, 5.74) is 15.5. The number of unbranched alkanes of at least 4 members (excludes halogenated alkanes) is 6. The zero-order chi connectivity index (χ0) is 38.2. The summed E-state index contributed by atoms with van der Waals surface area (Å²) in [5.74, 6) is 0. The smallest absolute Gasteiger partial charge is 0.405 e. The third-order valence-corrected chi connectivity index (χ3v) is 14.2. The summed E-state index contributed by atoms with van der Waals surface area (Å²) in [6.07, 6.45) is 14.9. The lowest BCUT2D eigenvalue weighted by molar-refractivity contribution is 0.365. The molecule has 288 valence electrons. The maximum Gasteiger partial charge on any atom is 0.494 e. The molecule has 2 atom stereocenters. The zero-order valence-corrected chi connectivity index (χ0v) is 34.5. The predicted molar refractivity (Wildman–Crippen MR) is 230 cm³/mol. The lowest BCUT2D eigenvalue weighted by Gasteiger charge is -2.35. The van der Waals surface area contributed by atoms with Crippen molar-refractivity contribution >= 4 is 25.2 Å². The Morgan fingerprint density at radius 3 is 1.20 bits per heavy atom. The summed E-state index contributed by atoms with van der Waals surface area (Å²) in [5, 5.41) is 0. The lowest BCUT2D eigenvalue weighted by atomic mass is 9.65. The normalized spacial score (nSPS) is 18.7. The summed E-state index contributed by atoms with van der Waals surface area (Å²) in [7, 11) is -0.698. The van der Waals surface area contributed by atoms with E-state index in [1.165, 1.54) is 120 Å². The molecule has 2 aliphatic carbocycles. The molecule has 4 aliphatic rings. The minimum Gasteiger partial charge on any atom is -0.405 e. The summed E-state index contributed by atoms with van der Waals surface area (Å²) >= 11 is 0. The molecule has 55 heavy (non-hydrogen) atoms. The molecule has 6 heteroatoms. The van der Waals surface area contributed by atoms with Crippen LogP contribution in [0.3, 0.4) is 0 Å². The number of benzene rings is 4. The Morgan fingerprint density at radius 2 is 0.836 bits per heavy atom. The number of rotatable bonds is 16. The van der Waals surface area contributed by atoms with Gasteiger partial charge < -0.3 is 18.6 Å². The van der Waals surface area contributed by atoms with Crippen LogP contribution in [0.25, 0.3) is 22.3 Å². The topological polar surface area (TPSA) is 36.9 Å². The van der Waals surface area contributed by atoms with E-state index in [1.807, 2.05) is 0 Å². The van der Waals surface area contributed by atoms with Gasteiger partial charge in [0.05, 0.1) is 31.8 Å². The molecule has 0 amide bonds. The van der Waals surface area contributed by atoms with Crippen molar-refractivity contribution in [2.24, 2.45) is 0 Å². The van der Waals surface area contributed by atoms with E-state index in [2.05, 4.69) is 114 Å². The summed E-state index contributed by atoms with van der Waals surface area (Å²) in [4.78, 5) is 0.